The highest BCUT2D eigenvalue weighted by molar-refractivity contribution is 7.16. The minimum atomic E-state index is -0.257. The van der Waals surface area contributed by atoms with Crippen molar-refractivity contribution in [1.82, 2.24) is 4.98 Å². The number of amides is 1. The Morgan fingerprint density at radius 2 is 2.16 bits per heavy atom. The van der Waals surface area contributed by atoms with E-state index in [4.69, 9.17) is 16.7 Å². The van der Waals surface area contributed by atoms with E-state index in [9.17, 15) is 4.79 Å². The van der Waals surface area contributed by atoms with Crippen LogP contribution >= 0.6 is 22.9 Å². The van der Waals surface area contributed by atoms with Crippen LogP contribution in [0.5, 0.6) is 0 Å². The van der Waals surface area contributed by atoms with Crippen LogP contribution in [0.4, 0.5) is 5.13 Å². The van der Waals surface area contributed by atoms with Crippen LogP contribution in [0.2, 0.25) is 5.02 Å². The number of carbonyl (C=O) groups is 1. The molecular formula is C13H9ClN2O2S. The van der Waals surface area contributed by atoms with Crippen molar-refractivity contribution in [3.8, 4) is 11.8 Å². The van der Waals surface area contributed by atoms with Gasteiger partial charge in [0.2, 0.25) is 0 Å². The number of hydrogen-bond donors (Lipinski definition) is 2. The van der Waals surface area contributed by atoms with Gasteiger partial charge < -0.3 is 5.11 Å². The van der Waals surface area contributed by atoms with Crippen LogP contribution in [-0.4, -0.2) is 22.6 Å². The molecule has 0 unspecified atom stereocenters. The molecule has 0 bridgehead atoms. The summed E-state index contributed by atoms with van der Waals surface area (Å²) in [7, 11) is 0. The zero-order valence-electron chi connectivity index (χ0n) is 9.68. The topological polar surface area (TPSA) is 62.2 Å². The van der Waals surface area contributed by atoms with Crippen LogP contribution in [0.1, 0.15) is 15.2 Å². The largest absolute Gasteiger partial charge is 0.384 e. The Morgan fingerprint density at radius 3 is 2.84 bits per heavy atom. The molecule has 0 atom stereocenters. The fraction of sp³-hybridized carbons (Fsp3) is 0.0769. The highest BCUT2D eigenvalue weighted by Crippen LogP contribution is 2.18. The number of nitrogens with zero attached hydrogens (tertiary/aromatic N) is 1. The molecule has 2 aromatic rings. The van der Waals surface area contributed by atoms with Crippen molar-refractivity contribution in [3.05, 3.63) is 45.9 Å². The molecule has 2 rings (SSSR count). The second-order valence-corrected chi connectivity index (χ2v) is 4.92. The Bertz CT molecular complexity index is 641. The minimum Gasteiger partial charge on any atom is -0.384 e. The molecule has 0 fully saturated rings. The van der Waals surface area contributed by atoms with Gasteiger partial charge in [0, 0.05) is 10.6 Å². The average molecular weight is 293 g/mol. The first kappa shape index (κ1) is 13.6. The van der Waals surface area contributed by atoms with Crippen molar-refractivity contribution in [2.75, 3.05) is 11.9 Å². The van der Waals surface area contributed by atoms with Gasteiger partial charge in [-0.1, -0.05) is 34.8 Å². The summed E-state index contributed by atoms with van der Waals surface area (Å²) < 4.78 is 0. The Balaban J connectivity index is 2.06. The summed E-state index contributed by atoms with van der Waals surface area (Å²) in [4.78, 5) is 16.6. The van der Waals surface area contributed by atoms with Gasteiger partial charge in [-0.15, -0.1) is 0 Å². The molecule has 6 heteroatoms. The molecule has 1 amide bonds. The predicted molar refractivity (Wildman–Crippen MR) is 75.5 cm³/mol. The van der Waals surface area contributed by atoms with Gasteiger partial charge in [-0.2, -0.15) is 0 Å². The van der Waals surface area contributed by atoms with Crippen LogP contribution in [0.25, 0.3) is 0 Å². The maximum Gasteiger partial charge on any atom is 0.257 e. The quantitative estimate of drug-likeness (QED) is 0.836. The third-order valence-electron chi connectivity index (χ3n) is 2.12. The number of nitrogens with one attached hydrogen (secondary N) is 1. The molecule has 0 aliphatic heterocycles. The van der Waals surface area contributed by atoms with Crippen molar-refractivity contribution in [2.45, 2.75) is 0 Å². The predicted octanol–water partition coefficient (Wildman–Crippen LogP) is 2.39. The Morgan fingerprint density at radius 1 is 1.42 bits per heavy atom. The van der Waals surface area contributed by atoms with Crippen molar-refractivity contribution in [1.29, 1.82) is 0 Å². The van der Waals surface area contributed by atoms with E-state index in [1.54, 1.807) is 30.5 Å². The summed E-state index contributed by atoms with van der Waals surface area (Å²) in [6, 6.07) is 6.57. The molecule has 1 aromatic heterocycles. The Labute approximate surface area is 119 Å². The number of anilines is 1. The van der Waals surface area contributed by atoms with Crippen molar-refractivity contribution < 1.29 is 9.90 Å². The number of carbonyl (C=O) groups excluding carboxylic acids is 1. The first-order valence-electron chi connectivity index (χ1n) is 5.31. The average Bonchev–Trinajstić information content (AvgIpc) is 2.84. The normalized spacial score (nSPS) is 9.58. The molecule has 0 saturated heterocycles. The number of rotatable bonds is 2. The fourth-order valence-corrected chi connectivity index (χ4v) is 2.10. The zero-order valence-corrected chi connectivity index (χ0v) is 11.3. The number of thiazole rings is 1. The van der Waals surface area contributed by atoms with Gasteiger partial charge in [0.25, 0.3) is 5.91 Å². The van der Waals surface area contributed by atoms with Crippen LogP contribution < -0.4 is 5.32 Å². The third kappa shape index (κ3) is 3.80. The maximum absolute atomic E-state index is 11.9. The molecule has 1 aromatic carbocycles. The molecule has 0 radical (unpaired) electrons. The highest BCUT2D eigenvalue weighted by Gasteiger charge is 2.08. The Hall–Kier alpha value is -1.87. The molecule has 0 saturated carbocycles. The number of hydrogen-bond acceptors (Lipinski definition) is 4. The number of aliphatic hydroxyl groups is 1. The molecule has 0 aliphatic rings. The van der Waals surface area contributed by atoms with Gasteiger partial charge in [-0.05, 0) is 24.3 Å². The lowest BCUT2D eigenvalue weighted by Crippen LogP contribution is -2.11. The SMILES string of the molecule is O=C(Nc1ncc(C#CCO)s1)c1ccc(Cl)cc1. The van der Waals surface area contributed by atoms with E-state index in [0.29, 0.717) is 20.6 Å². The van der Waals surface area contributed by atoms with Crippen LogP contribution in [0.15, 0.2) is 30.5 Å². The minimum absolute atomic E-state index is 0.204. The van der Waals surface area contributed by atoms with E-state index in [1.165, 1.54) is 11.3 Å². The maximum atomic E-state index is 11.9. The first-order chi connectivity index (χ1) is 9.19. The van der Waals surface area contributed by atoms with E-state index in [-0.39, 0.29) is 12.5 Å². The van der Waals surface area contributed by atoms with Gasteiger partial charge in [-0.25, -0.2) is 4.98 Å². The van der Waals surface area contributed by atoms with Crippen LogP contribution in [0.3, 0.4) is 0 Å². The lowest BCUT2D eigenvalue weighted by atomic mass is 10.2. The monoisotopic (exact) mass is 292 g/mol. The lowest BCUT2D eigenvalue weighted by Gasteiger charge is -2.01. The van der Waals surface area contributed by atoms with Gasteiger partial charge in [0.15, 0.2) is 5.13 Å². The van der Waals surface area contributed by atoms with E-state index < -0.39 is 0 Å². The van der Waals surface area contributed by atoms with Gasteiger partial charge in [0.05, 0.1) is 11.1 Å². The summed E-state index contributed by atoms with van der Waals surface area (Å²) >= 11 is 7.00. The van der Waals surface area contributed by atoms with Crippen molar-refractivity contribution >= 4 is 34.0 Å². The van der Waals surface area contributed by atoms with Gasteiger partial charge in [0.1, 0.15) is 6.61 Å². The summed E-state index contributed by atoms with van der Waals surface area (Å²) in [5.41, 5.74) is 0.502. The second-order valence-electron chi connectivity index (χ2n) is 3.45. The molecule has 2 N–H and O–H groups in total. The van der Waals surface area contributed by atoms with Gasteiger partial charge in [-0.3, -0.25) is 10.1 Å². The first-order valence-corrected chi connectivity index (χ1v) is 6.51. The van der Waals surface area contributed by atoms with Crippen LogP contribution in [0, 0.1) is 11.8 Å². The number of benzene rings is 1. The van der Waals surface area contributed by atoms with Crippen LogP contribution in [-0.2, 0) is 0 Å². The number of aromatic nitrogens is 1. The number of aliphatic hydroxyl groups excluding tert-OH is 1. The summed E-state index contributed by atoms with van der Waals surface area (Å²) in [6.07, 6.45) is 1.55. The lowest BCUT2D eigenvalue weighted by molar-refractivity contribution is 0.102. The molecule has 4 nitrogen and oxygen atoms in total. The molecule has 1 heterocycles. The second kappa shape index (κ2) is 6.34. The highest BCUT2D eigenvalue weighted by atomic mass is 35.5. The summed E-state index contributed by atoms with van der Waals surface area (Å²) in [6.45, 7) is -0.204. The van der Waals surface area contributed by atoms with E-state index in [1.807, 2.05) is 0 Å². The fourth-order valence-electron chi connectivity index (χ4n) is 1.29. The number of halogens is 1. The molecular weight excluding hydrogens is 284 g/mol. The van der Waals surface area contributed by atoms with E-state index >= 15 is 0 Å². The molecule has 0 spiro atoms. The zero-order chi connectivity index (χ0) is 13.7. The van der Waals surface area contributed by atoms with Gasteiger partial charge >= 0.3 is 0 Å². The molecule has 0 aliphatic carbocycles. The van der Waals surface area contributed by atoms with E-state index in [0.717, 1.165) is 0 Å². The summed E-state index contributed by atoms with van der Waals surface area (Å²) in [5, 5.41) is 12.3. The third-order valence-corrected chi connectivity index (χ3v) is 3.20. The van der Waals surface area contributed by atoms with Crippen molar-refractivity contribution in [3.63, 3.8) is 0 Å². The standard InChI is InChI=1S/C13H9ClN2O2S/c14-10-5-3-9(4-6-10)12(18)16-13-15-8-11(19-13)2-1-7-17/h3-6,8,17H,7H2,(H,15,16,18). The molecule has 96 valence electrons. The molecule has 19 heavy (non-hydrogen) atoms. The summed E-state index contributed by atoms with van der Waals surface area (Å²) in [5.74, 6) is 4.98. The Kier molecular flexibility index (Phi) is 4.53. The van der Waals surface area contributed by atoms with E-state index in [2.05, 4.69) is 22.1 Å². The van der Waals surface area contributed by atoms with Crippen molar-refractivity contribution in [2.24, 2.45) is 0 Å². The smallest absolute Gasteiger partial charge is 0.257 e.